The molecule has 0 radical (unpaired) electrons. The van der Waals surface area contributed by atoms with E-state index < -0.39 is 16.5 Å². The predicted octanol–water partition coefficient (Wildman–Crippen LogP) is -1.32. The molecule has 0 aliphatic heterocycles. The van der Waals surface area contributed by atoms with Crippen molar-refractivity contribution < 1.29 is 47.8 Å². The summed E-state index contributed by atoms with van der Waals surface area (Å²) < 4.78 is 21.8. The summed E-state index contributed by atoms with van der Waals surface area (Å²) in [6.45, 7) is 0. The Morgan fingerprint density at radius 3 is 1.55 bits per heavy atom. The fourth-order valence-corrected chi connectivity index (χ4v) is 0.612. The predicted molar refractivity (Wildman–Crippen MR) is 32.0 cm³/mol. The third-order valence-corrected chi connectivity index (χ3v) is 1.50. The van der Waals surface area contributed by atoms with Crippen LogP contribution in [0.5, 0.6) is 0 Å². The molecule has 2 unspecified atom stereocenters. The zero-order valence-electron chi connectivity index (χ0n) is 5.28. The minimum absolute atomic E-state index is 0. The fourth-order valence-electron chi connectivity index (χ4n) is 0.0680. The Balaban J connectivity index is -0.000000140. The van der Waals surface area contributed by atoms with Gasteiger partial charge >= 0.3 is 19.5 Å². The molecule has 10 heteroatoms. The van der Waals surface area contributed by atoms with Crippen molar-refractivity contribution in [2.45, 2.75) is 0 Å². The van der Waals surface area contributed by atoms with E-state index in [1.165, 1.54) is 0 Å². The molecule has 0 saturated heterocycles. The summed E-state index contributed by atoms with van der Waals surface area (Å²) in [7, 11) is -7.03. The molecule has 0 aromatic heterocycles. The molecule has 2 atom stereocenters. The van der Waals surface area contributed by atoms with Gasteiger partial charge in [0.15, 0.2) is 0 Å². The monoisotopic (exact) mass is 274 g/mol. The second kappa shape index (κ2) is 13.8. The van der Waals surface area contributed by atoms with E-state index in [0.717, 1.165) is 0 Å². The van der Waals surface area contributed by atoms with E-state index in [2.05, 4.69) is 15.9 Å². The van der Waals surface area contributed by atoms with Crippen LogP contribution in [-0.4, -0.2) is 11.2 Å². The van der Waals surface area contributed by atoms with Gasteiger partial charge in [-0.25, -0.2) is 0 Å². The number of aliphatic hydroxyl groups is 1. The molecule has 0 spiro atoms. The summed E-state index contributed by atoms with van der Waals surface area (Å²) in [5, 5.41) is 7.33. The number of hydrogen-bond donors (Lipinski definition) is 1. The molecular weight excluding hydrogens is 271 g/mol. The number of halogens is 1. The van der Waals surface area contributed by atoms with Gasteiger partial charge in [0.1, 0.15) is 22.6 Å². The van der Waals surface area contributed by atoms with Crippen molar-refractivity contribution in [3.63, 3.8) is 0 Å². The molecule has 0 aliphatic rings. The van der Waals surface area contributed by atoms with Gasteiger partial charge in [0.05, 0.1) is 0 Å². The van der Waals surface area contributed by atoms with Gasteiger partial charge in [-0.3, -0.25) is 4.31 Å². The van der Waals surface area contributed by atoms with Gasteiger partial charge in [0.25, 0.3) is 0 Å². The third-order valence-electron chi connectivity index (χ3n) is 0.167. The van der Waals surface area contributed by atoms with Crippen molar-refractivity contribution >= 4 is 28.1 Å². The van der Waals surface area contributed by atoms with Crippen LogP contribution in [0.1, 0.15) is 0 Å². The largest absolute Gasteiger partial charge is 2.00 e. The average molecular weight is 276 g/mol. The van der Waals surface area contributed by atoms with Crippen molar-refractivity contribution in [2.75, 3.05) is 6.07 Å². The quantitative estimate of drug-likeness (QED) is 0.380. The van der Waals surface area contributed by atoms with Gasteiger partial charge in [-0.05, 0) is 0 Å². The van der Waals surface area contributed by atoms with E-state index in [0.29, 0.717) is 0 Å². The third kappa shape index (κ3) is 35.0. The molecule has 0 amide bonds. The molecule has 64 valence electrons. The van der Waals surface area contributed by atoms with Crippen LogP contribution in [0.2, 0.25) is 0 Å². The Morgan fingerprint density at radius 2 is 1.55 bits per heavy atom. The smallest absolute Gasteiger partial charge is 0.781 e. The first-order chi connectivity index (χ1) is 4.54. The molecular formula is CH5ClO6P2Zn. The van der Waals surface area contributed by atoms with Gasteiger partial charge in [0.2, 0.25) is 0 Å². The van der Waals surface area contributed by atoms with Gasteiger partial charge < -0.3 is 24.0 Å². The van der Waals surface area contributed by atoms with E-state index in [1.54, 1.807) is 0 Å². The fraction of sp³-hybridized carbons (Fsp3) is 1.00. The molecule has 0 fully saturated rings. The molecule has 0 rings (SSSR count). The van der Waals surface area contributed by atoms with Gasteiger partial charge in [-0.15, -0.1) is 0 Å². The minimum Gasteiger partial charge on any atom is -0.781 e. The normalized spacial score (nSPS) is 13.5. The van der Waals surface area contributed by atoms with Gasteiger partial charge in [-0.1, -0.05) is 11.6 Å². The van der Waals surface area contributed by atoms with Crippen LogP contribution in [0.15, 0.2) is 0 Å². The van der Waals surface area contributed by atoms with Crippen LogP contribution < -0.4 is 9.79 Å². The maximum absolute atomic E-state index is 9.29. The Morgan fingerprint density at radius 1 is 1.36 bits per heavy atom. The molecule has 0 aromatic carbocycles. The Hall–Kier alpha value is 1.21. The molecule has 0 aliphatic carbocycles. The first kappa shape index (κ1) is 18.1. The number of alkyl halides is 1. The van der Waals surface area contributed by atoms with Crippen LogP contribution in [0.25, 0.3) is 0 Å². The summed E-state index contributed by atoms with van der Waals surface area (Å²) in [6, 6.07) is -0.278. The van der Waals surface area contributed by atoms with E-state index in [9.17, 15) is 18.9 Å². The van der Waals surface area contributed by atoms with Crippen molar-refractivity contribution in [3.05, 3.63) is 0 Å². The average Bonchev–Trinajstić information content (AvgIpc) is 1.62. The van der Waals surface area contributed by atoms with E-state index in [4.69, 9.17) is 5.11 Å². The number of hydrogen-bond acceptors (Lipinski definition) is 6. The van der Waals surface area contributed by atoms with Crippen molar-refractivity contribution in [1.82, 2.24) is 0 Å². The topological polar surface area (TPSA) is 110 Å². The van der Waals surface area contributed by atoms with Crippen LogP contribution in [0.4, 0.5) is 0 Å². The van der Waals surface area contributed by atoms with E-state index in [1.807, 2.05) is 0 Å². The number of aliphatic hydroxyl groups excluding tert-OH is 1. The molecule has 0 aromatic rings. The maximum atomic E-state index is 9.29. The summed E-state index contributed by atoms with van der Waals surface area (Å²) in [6.07, 6.45) is 0. The minimum atomic E-state index is -3.51. The first-order valence-electron chi connectivity index (χ1n) is 1.81. The first-order valence-corrected chi connectivity index (χ1v) is 4.79. The van der Waals surface area contributed by atoms with Crippen molar-refractivity contribution in [3.8, 4) is 0 Å². The summed E-state index contributed by atoms with van der Waals surface area (Å²) >= 11 is 4.55. The molecule has 0 saturated carbocycles. The van der Waals surface area contributed by atoms with Crippen molar-refractivity contribution in [2.24, 2.45) is 0 Å². The van der Waals surface area contributed by atoms with Gasteiger partial charge in [0, 0.05) is 0 Å². The molecule has 0 bridgehead atoms. The van der Waals surface area contributed by atoms with Crippen LogP contribution in [0, 0.1) is 0 Å². The standard InChI is InChI=1S/CH3ClO.H4O5P2.Zn/c2-1-3;1-6(2)5-7(3)4;/h3H,1H2;6-7H,(H,1,2)(H,3,4);/q;;+2/p-2. The Labute approximate surface area is 82.2 Å². The van der Waals surface area contributed by atoms with Crippen LogP contribution in [-0.2, 0) is 32.9 Å². The molecule has 11 heavy (non-hydrogen) atoms. The second-order valence-corrected chi connectivity index (χ2v) is 2.78. The Kier molecular flexibility index (Phi) is 22.7. The van der Waals surface area contributed by atoms with E-state index in [-0.39, 0.29) is 25.5 Å². The summed E-state index contributed by atoms with van der Waals surface area (Å²) in [5.74, 6) is 0. The molecule has 0 heterocycles. The zero-order chi connectivity index (χ0) is 8.57. The summed E-state index contributed by atoms with van der Waals surface area (Å²) in [5.41, 5.74) is 0. The van der Waals surface area contributed by atoms with Crippen molar-refractivity contribution in [1.29, 1.82) is 0 Å². The number of rotatable bonds is 2. The SMILES string of the molecule is O=[PH]([O-])O[PH](=O)[O-].OCCl.[Zn+2]. The summed E-state index contributed by atoms with van der Waals surface area (Å²) in [4.78, 5) is 18.6. The molecule has 1 N–H and O–H groups in total. The van der Waals surface area contributed by atoms with E-state index >= 15 is 0 Å². The maximum Gasteiger partial charge on any atom is 2.00 e. The second-order valence-electron chi connectivity index (χ2n) is 0.722. The Bertz CT molecular complexity index is 107. The van der Waals surface area contributed by atoms with Crippen LogP contribution in [0.3, 0.4) is 0 Å². The van der Waals surface area contributed by atoms with Gasteiger partial charge in [-0.2, -0.15) is 0 Å². The zero-order valence-corrected chi connectivity index (χ0v) is 11.0. The van der Waals surface area contributed by atoms with Crippen LogP contribution >= 0.6 is 28.1 Å². The molecule has 6 nitrogen and oxygen atoms in total.